The number of pyridine rings is 1. The molecule has 1 aromatic carbocycles. The Kier molecular flexibility index (Phi) is 5.90. The number of nitrogens with one attached hydrogen (secondary N) is 2. The molecule has 4 rings (SSSR count). The normalized spacial score (nSPS) is 18.5. The number of hydrogen-bond acceptors (Lipinski definition) is 6. The smallest absolute Gasteiger partial charge is 0.237 e. The molecule has 158 valence electrons. The molecule has 3 aromatic rings. The molecule has 1 saturated heterocycles. The third-order valence-electron chi connectivity index (χ3n) is 5.59. The monoisotopic (exact) mass is 434 g/mol. The van der Waals surface area contributed by atoms with Gasteiger partial charge >= 0.3 is 0 Å². The van der Waals surface area contributed by atoms with Gasteiger partial charge in [0.15, 0.2) is 0 Å². The molecule has 0 bridgehead atoms. The number of thiazole rings is 1. The highest BCUT2D eigenvalue weighted by Crippen LogP contribution is 2.36. The Morgan fingerprint density at radius 2 is 2.03 bits per heavy atom. The Bertz CT molecular complexity index is 1110. The molecule has 3 amide bonds. The van der Waals surface area contributed by atoms with Gasteiger partial charge in [-0.3, -0.25) is 24.7 Å². The standard InChI is InChI=1S/C23H22N4O3S/c1-2-23(10-9-19(28)27-22(23)30)16-5-7-17(8-6-16)25-20(29)12-18-14-31-21(26-18)15-4-3-11-24-13-15/h3-8,11,13-14H,2,9-10,12H2,1H3,(H,25,29)(H,27,28,30). The van der Waals surface area contributed by atoms with Crippen molar-refractivity contribution in [1.29, 1.82) is 0 Å². The van der Waals surface area contributed by atoms with Gasteiger partial charge < -0.3 is 5.32 Å². The molecule has 0 saturated carbocycles. The number of carbonyl (C=O) groups excluding carboxylic acids is 3. The maximum atomic E-state index is 12.5. The number of anilines is 1. The number of imide groups is 1. The van der Waals surface area contributed by atoms with E-state index in [0.717, 1.165) is 16.1 Å². The molecule has 1 atom stereocenters. The van der Waals surface area contributed by atoms with Crippen LogP contribution in [-0.2, 0) is 26.2 Å². The largest absolute Gasteiger partial charge is 0.326 e. The molecule has 8 heteroatoms. The van der Waals surface area contributed by atoms with Crippen LogP contribution < -0.4 is 10.6 Å². The molecule has 1 unspecified atom stereocenters. The number of piperidine rings is 1. The summed E-state index contributed by atoms with van der Waals surface area (Å²) in [4.78, 5) is 45.1. The van der Waals surface area contributed by atoms with Gasteiger partial charge in [0, 0.05) is 35.4 Å². The van der Waals surface area contributed by atoms with Gasteiger partial charge in [-0.25, -0.2) is 4.98 Å². The van der Waals surface area contributed by atoms with Crippen LogP contribution in [0.15, 0.2) is 54.2 Å². The first-order valence-corrected chi connectivity index (χ1v) is 11.0. The SMILES string of the molecule is CCC1(c2ccc(NC(=O)Cc3csc(-c4cccnc4)n3)cc2)CCC(=O)NC1=O. The summed E-state index contributed by atoms with van der Waals surface area (Å²) in [6.45, 7) is 1.94. The minimum Gasteiger partial charge on any atom is -0.326 e. The van der Waals surface area contributed by atoms with Crippen LogP contribution >= 0.6 is 11.3 Å². The van der Waals surface area contributed by atoms with E-state index in [1.807, 2.05) is 36.6 Å². The van der Waals surface area contributed by atoms with E-state index in [4.69, 9.17) is 0 Å². The van der Waals surface area contributed by atoms with E-state index in [-0.39, 0.29) is 24.1 Å². The van der Waals surface area contributed by atoms with Gasteiger partial charge in [-0.2, -0.15) is 0 Å². The lowest BCUT2D eigenvalue weighted by molar-refractivity contribution is -0.138. The molecule has 31 heavy (non-hydrogen) atoms. The molecule has 7 nitrogen and oxygen atoms in total. The Balaban J connectivity index is 1.41. The van der Waals surface area contributed by atoms with E-state index in [0.29, 0.717) is 30.6 Å². The zero-order valence-corrected chi connectivity index (χ0v) is 17.9. The highest BCUT2D eigenvalue weighted by molar-refractivity contribution is 7.13. The predicted molar refractivity (Wildman–Crippen MR) is 118 cm³/mol. The third-order valence-corrected chi connectivity index (χ3v) is 6.53. The number of amides is 3. The van der Waals surface area contributed by atoms with Crippen LogP contribution in [-0.4, -0.2) is 27.7 Å². The van der Waals surface area contributed by atoms with E-state index in [1.165, 1.54) is 11.3 Å². The first-order valence-electron chi connectivity index (χ1n) is 10.1. The van der Waals surface area contributed by atoms with E-state index in [2.05, 4.69) is 20.6 Å². The minimum atomic E-state index is -0.709. The summed E-state index contributed by atoms with van der Waals surface area (Å²) in [5, 5.41) is 8.03. The summed E-state index contributed by atoms with van der Waals surface area (Å²) in [5.74, 6) is -0.648. The summed E-state index contributed by atoms with van der Waals surface area (Å²) in [7, 11) is 0. The summed E-state index contributed by atoms with van der Waals surface area (Å²) in [6, 6.07) is 11.1. The average molecular weight is 435 g/mol. The van der Waals surface area contributed by atoms with Crippen LogP contribution in [0.5, 0.6) is 0 Å². The Hall–Kier alpha value is -3.39. The summed E-state index contributed by atoms with van der Waals surface area (Å²) >= 11 is 1.48. The van der Waals surface area contributed by atoms with Crippen molar-refractivity contribution in [3.63, 3.8) is 0 Å². The van der Waals surface area contributed by atoms with E-state index in [1.54, 1.807) is 24.5 Å². The van der Waals surface area contributed by atoms with E-state index in [9.17, 15) is 14.4 Å². The quantitative estimate of drug-likeness (QED) is 0.579. The summed E-state index contributed by atoms with van der Waals surface area (Å²) < 4.78 is 0. The number of benzene rings is 1. The molecule has 1 aliphatic heterocycles. The highest BCUT2D eigenvalue weighted by Gasteiger charge is 2.42. The molecular formula is C23H22N4O3S. The number of aromatic nitrogens is 2. The summed E-state index contributed by atoms with van der Waals surface area (Å²) in [5.41, 5.74) is 2.41. The van der Waals surface area contributed by atoms with Crippen LogP contribution in [0, 0.1) is 0 Å². The predicted octanol–water partition coefficient (Wildman–Crippen LogP) is 3.47. The molecule has 3 heterocycles. The van der Waals surface area contributed by atoms with Crippen molar-refractivity contribution in [3.8, 4) is 10.6 Å². The van der Waals surface area contributed by atoms with Crippen LogP contribution in [0.2, 0.25) is 0 Å². The first-order chi connectivity index (χ1) is 15.0. The minimum absolute atomic E-state index is 0.165. The van der Waals surface area contributed by atoms with Crippen LogP contribution in [0.25, 0.3) is 10.6 Å². The highest BCUT2D eigenvalue weighted by atomic mass is 32.1. The van der Waals surface area contributed by atoms with Gasteiger partial charge in [0.05, 0.1) is 17.5 Å². The van der Waals surface area contributed by atoms with Crippen molar-refractivity contribution in [1.82, 2.24) is 15.3 Å². The lowest BCUT2D eigenvalue weighted by Crippen LogP contribution is -2.51. The Morgan fingerprint density at radius 1 is 1.23 bits per heavy atom. The second kappa shape index (κ2) is 8.77. The van der Waals surface area contributed by atoms with Crippen LogP contribution in [0.1, 0.15) is 37.4 Å². The van der Waals surface area contributed by atoms with Crippen molar-refractivity contribution >= 4 is 34.7 Å². The lowest BCUT2D eigenvalue weighted by Gasteiger charge is -2.35. The second-order valence-corrected chi connectivity index (χ2v) is 8.36. The molecule has 1 aliphatic rings. The maximum absolute atomic E-state index is 12.5. The molecule has 1 fully saturated rings. The number of rotatable bonds is 6. The van der Waals surface area contributed by atoms with Gasteiger partial charge in [0.25, 0.3) is 0 Å². The Labute approximate surface area is 183 Å². The van der Waals surface area contributed by atoms with Crippen molar-refractivity contribution in [2.75, 3.05) is 5.32 Å². The fourth-order valence-corrected chi connectivity index (χ4v) is 4.63. The maximum Gasteiger partial charge on any atom is 0.237 e. The van der Waals surface area contributed by atoms with Gasteiger partial charge in [-0.05, 0) is 42.7 Å². The van der Waals surface area contributed by atoms with E-state index < -0.39 is 5.41 Å². The van der Waals surface area contributed by atoms with Crippen LogP contribution in [0.4, 0.5) is 5.69 Å². The second-order valence-electron chi connectivity index (χ2n) is 7.50. The fourth-order valence-electron chi connectivity index (χ4n) is 3.82. The first kappa shape index (κ1) is 20.9. The van der Waals surface area contributed by atoms with Crippen molar-refractivity contribution in [3.05, 3.63) is 65.4 Å². The number of carbonyl (C=O) groups is 3. The molecule has 0 spiro atoms. The van der Waals surface area contributed by atoms with Gasteiger partial charge in [0.2, 0.25) is 17.7 Å². The van der Waals surface area contributed by atoms with Crippen molar-refractivity contribution in [2.24, 2.45) is 0 Å². The average Bonchev–Trinajstić information content (AvgIpc) is 3.24. The van der Waals surface area contributed by atoms with Crippen molar-refractivity contribution < 1.29 is 14.4 Å². The number of hydrogen-bond donors (Lipinski definition) is 2. The fraction of sp³-hybridized carbons (Fsp3) is 0.261. The number of nitrogens with zero attached hydrogens (tertiary/aromatic N) is 2. The Morgan fingerprint density at radius 3 is 2.71 bits per heavy atom. The zero-order chi connectivity index (χ0) is 21.8. The zero-order valence-electron chi connectivity index (χ0n) is 17.1. The van der Waals surface area contributed by atoms with Crippen molar-refractivity contribution in [2.45, 2.75) is 38.0 Å². The molecule has 2 N–H and O–H groups in total. The summed E-state index contributed by atoms with van der Waals surface area (Å²) in [6.07, 6.45) is 5.04. The van der Waals surface area contributed by atoms with Crippen LogP contribution in [0.3, 0.4) is 0 Å². The van der Waals surface area contributed by atoms with Gasteiger partial charge in [0.1, 0.15) is 5.01 Å². The third kappa shape index (κ3) is 4.39. The molecule has 0 radical (unpaired) electrons. The topological polar surface area (TPSA) is 101 Å². The molecule has 2 aromatic heterocycles. The van der Waals surface area contributed by atoms with E-state index >= 15 is 0 Å². The van der Waals surface area contributed by atoms with Gasteiger partial charge in [-0.1, -0.05) is 19.1 Å². The molecule has 0 aliphatic carbocycles. The van der Waals surface area contributed by atoms with Gasteiger partial charge in [-0.15, -0.1) is 11.3 Å². The molecular weight excluding hydrogens is 412 g/mol. The lowest BCUT2D eigenvalue weighted by atomic mass is 9.72.